The predicted octanol–water partition coefficient (Wildman–Crippen LogP) is 5.57. The highest BCUT2D eigenvalue weighted by Crippen LogP contribution is 2.40. The van der Waals surface area contributed by atoms with E-state index in [4.69, 9.17) is 5.11 Å². The SMILES string of the molecule is C/C(=C\C(=O)O)c1ccc(CC[C@@H](C)N2C[C@@H]2c2cccc(C(F)(F)F)c2)cc1. The van der Waals surface area contributed by atoms with Crippen molar-refractivity contribution >= 4 is 11.5 Å². The van der Waals surface area contributed by atoms with Crippen LogP contribution in [0.2, 0.25) is 0 Å². The molecule has 0 radical (unpaired) electrons. The monoisotopic (exact) mass is 403 g/mol. The Bertz CT molecular complexity index is 903. The van der Waals surface area contributed by atoms with Crippen molar-refractivity contribution in [3.63, 3.8) is 0 Å². The van der Waals surface area contributed by atoms with Crippen LogP contribution < -0.4 is 0 Å². The molecule has 0 spiro atoms. The summed E-state index contributed by atoms with van der Waals surface area (Å²) in [6, 6.07) is 13.7. The Labute approximate surface area is 168 Å². The Morgan fingerprint density at radius 1 is 1.24 bits per heavy atom. The van der Waals surface area contributed by atoms with Crippen LogP contribution in [-0.2, 0) is 17.4 Å². The molecule has 0 aliphatic carbocycles. The van der Waals surface area contributed by atoms with Gasteiger partial charge in [0.25, 0.3) is 0 Å². The van der Waals surface area contributed by atoms with E-state index in [9.17, 15) is 18.0 Å². The highest BCUT2D eigenvalue weighted by Gasteiger charge is 2.40. The number of hydrogen-bond donors (Lipinski definition) is 1. The largest absolute Gasteiger partial charge is 0.478 e. The molecule has 1 heterocycles. The normalized spacial score (nSPS) is 20.4. The smallest absolute Gasteiger partial charge is 0.416 e. The van der Waals surface area contributed by atoms with Crippen LogP contribution in [0.4, 0.5) is 13.2 Å². The highest BCUT2D eigenvalue weighted by atomic mass is 19.4. The molecule has 2 aromatic carbocycles. The van der Waals surface area contributed by atoms with E-state index in [2.05, 4.69) is 11.8 Å². The van der Waals surface area contributed by atoms with Crippen molar-refractivity contribution < 1.29 is 23.1 Å². The zero-order valence-electron chi connectivity index (χ0n) is 16.4. The van der Waals surface area contributed by atoms with Gasteiger partial charge in [0.1, 0.15) is 0 Å². The van der Waals surface area contributed by atoms with E-state index in [-0.39, 0.29) is 12.1 Å². The Morgan fingerprint density at radius 3 is 2.55 bits per heavy atom. The van der Waals surface area contributed by atoms with E-state index in [1.165, 1.54) is 18.2 Å². The summed E-state index contributed by atoms with van der Waals surface area (Å²) in [5.41, 5.74) is 2.85. The molecule has 2 aromatic rings. The number of benzene rings is 2. The number of aliphatic carboxylic acids is 1. The van der Waals surface area contributed by atoms with Crippen molar-refractivity contribution in [1.29, 1.82) is 0 Å². The number of carboxylic acids is 1. The second kappa shape index (κ2) is 8.41. The summed E-state index contributed by atoms with van der Waals surface area (Å²) in [6.07, 6.45) is -1.37. The lowest BCUT2D eigenvalue weighted by Gasteiger charge is -2.15. The predicted molar refractivity (Wildman–Crippen MR) is 106 cm³/mol. The number of halogens is 3. The molecule has 0 amide bonds. The molecule has 3 nitrogen and oxygen atoms in total. The van der Waals surface area contributed by atoms with Crippen LogP contribution >= 0.6 is 0 Å². The van der Waals surface area contributed by atoms with Gasteiger partial charge in [0.2, 0.25) is 0 Å². The second-order valence-electron chi connectivity index (χ2n) is 7.59. The summed E-state index contributed by atoms with van der Waals surface area (Å²) in [5, 5.41) is 8.82. The van der Waals surface area contributed by atoms with Crippen molar-refractivity contribution in [2.45, 2.75) is 44.9 Å². The first kappa shape index (κ1) is 21.1. The topological polar surface area (TPSA) is 40.3 Å². The molecule has 1 saturated heterocycles. The van der Waals surface area contributed by atoms with Gasteiger partial charge in [-0.3, -0.25) is 4.90 Å². The van der Waals surface area contributed by atoms with Gasteiger partial charge in [-0.25, -0.2) is 4.79 Å². The van der Waals surface area contributed by atoms with Crippen molar-refractivity contribution in [1.82, 2.24) is 4.90 Å². The fourth-order valence-corrected chi connectivity index (χ4v) is 3.60. The fraction of sp³-hybridized carbons (Fsp3) is 0.348. The van der Waals surface area contributed by atoms with Gasteiger partial charge in [-0.1, -0.05) is 36.4 Å². The molecule has 3 rings (SSSR count). The minimum absolute atomic E-state index is 0.0541. The van der Waals surface area contributed by atoms with E-state index >= 15 is 0 Å². The minimum atomic E-state index is -4.31. The number of carbonyl (C=O) groups is 1. The Hall–Kier alpha value is -2.60. The van der Waals surface area contributed by atoms with Gasteiger partial charge in [-0.05, 0) is 61.1 Å². The average molecular weight is 403 g/mol. The molecule has 29 heavy (non-hydrogen) atoms. The summed E-state index contributed by atoms with van der Waals surface area (Å²) in [6.45, 7) is 4.64. The maximum Gasteiger partial charge on any atom is 0.416 e. The fourth-order valence-electron chi connectivity index (χ4n) is 3.60. The molecule has 1 aliphatic rings. The van der Waals surface area contributed by atoms with E-state index in [0.29, 0.717) is 5.57 Å². The zero-order chi connectivity index (χ0) is 21.2. The number of alkyl halides is 3. The maximum atomic E-state index is 12.9. The van der Waals surface area contributed by atoms with Crippen molar-refractivity contribution in [2.24, 2.45) is 0 Å². The molecule has 0 saturated carbocycles. The third-order valence-corrected chi connectivity index (χ3v) is 5.42. The van der Waals surface area contributed by atoms with Gasteiger partial charge in [0.15, 0.2) is 0 Å². The summed E-state index contributed by atoms with van der Waals surface area (Å²) >= 11 is 0. The number of aryl methyl sites for hydroxylation is 1. The highest BCUT2D eigenvalue weighted by molar-refractivity contribution is 5.89. The van der Waals surface area contributed by atoms with Gasteiger partial charge in [-0.2, -0.15) is 13.2 Å². The number of carboxylic acid groups (broad SMARTS) is 1. The van der Waals surface area contributed by atoms with Crippen LogP contribution in [0.3, 0.4) is 0 Å². The van der Waals surface area contributed by atoms with Gasteiger partial charge in [-0.15, -0.1) is 0 Å². The summed E-state index contributed by atoms with van der Waals surface area (Å²) in [4.78, 5) is 13.0. The van der Waals surface area contributed by atoms with Crippen LogP contribution in [0.5, 0.6) is 0 Å². The molecule has 154 valence electrons. The Morgan fingerprint density at radius 2 is 1.93 bits per heavy atom. The quantitative estimate of drug-likeness (QED) is 0.485. The molecule has 6 heteroatoms. The number of allylic oxidation sites excluding steroid dienone is 1. The Kier molecular flexibility index (Phi) is 6.13. The van der Waals surface area contributed by atoms with Gasteiger partial charge in [0.05, 0.1) is 5.56 Å². The average Bonchev–Trinajstić information content (AvgIpc) is 3.46. The summed E-state index contributed by atoms with van der Waals surface area (Å²) < 4.78 is 38.7. The molecule has 1 unspecified atom stereocenters. The molecule has 0 aromatic heterocycles. The first-order valence-electron chi connectivity index (χ1n) is 9.58. The molecule has 1 aliphatic heterocycles. The van der Waals surface area contributed by atoms with Crippen LogP contribution in [0.15, 0.2) is 54.6 Å². The first-order chi connectivity index (χ1) is 13.6. The molecule has 1 N–H and O–H groups in total. The number of hydrogen-bond acceptors (Lipinski definition) is 2. The Balaban J connectivity index is 1.55. The van der Waals surface area contributed by atoms with Crippen molar-refractivity contribution in [3.8, 4) is 0 Å². The third-order valence-electron chi connectivity index (χ3n) is 5.42. The minimum Gasteiger partial charge on any atom is -0.478 e. The number of nitrogens with zero attached hydrogens (tertiary/aromatic N) is 1. The van der Waals surface area contributed by atoms with Gasteiger partial charge >= 0.3 is 12.1 Å². The molecular weight excluding hydrogens is 379 g/mol. The lowest BCUT2D eigenvalue weighted by molar-refractivity contribution is -0.137. The molecule has 3 atom stereocenters. The van der Waals surface area contributed by atoms with Gasteiger partial charge < -0.3 is 5.11 Å². The second-order valence-corrected chi connectivity index (χ2v) is 7.59. The number of rotatable bonds is 7. The summed E-state index contributed by atoms with van der Waals surface area (Å²) in [5.74, 6) is -0.964. The molecule has 1 fully saturated rings. The third kappa shape index (κ3) is 5.48. The standard InChI is InChI=1S/C23H24F3NO2/c1-15(12-22(28)29)18-10-8-17(9-11-18)7-6-16(2)27-14-21(27)19-4-3-5-20(13-19)23(24,25)26/h3-5,8-13,16,21H,6-7,14H2,1-2H3,(H,28,29)/b15-12+/t16-,21-,27?/m1/s1. The molecule has 0 bridgehead atoms. The maximum absolute atomic E-state index is 12.9. The van der Waals surface area contributed by atoms with Crippen LogP contribution in [0.1, 0.15) is 48.6 Å². The van der Waals surface area contributed by atoms with Crippen molar-refractivity contribution in [3.05, 3.63) is 76.9 Å². The van der Waals surface area contributed by atoms with E-state index in [1.807, 2.05) is 24.3 Å². The lowest BCUT2D eigenvalue weighted by atomic mass is 10.0. The first-order valence-corrected chi connectivity index (χ1v) is 9.58. The van der Waals surface area contributed by atoms with E-state index in [0.717, 1.165) is 42.1 Å². The lowest BCUT2D eigenvalue weighted by Crippen LogP contribution is -2.16. The van der Waals surface area contributed by atoms with Gasteiger partial charge in [0, 0.05) is 24.7 Å². The van der Waals surface area contributed by atoms with Crippen LogP contribution in [0.25, 0.3) is 5.57 Å². The van der Waals surface area contributed by atoms with Crippen LogP contribution in [0, 0.1) is 0 Å². The van der Waals surface area contributed by atoms with E-state index < -0.39 is 17.7 Å². The zero-order valence-corrected chi connectivity index (χ0v) is 16.4. The van der Waals surface area contributed by atoms with Crippen LogP contribution in [-0.4, -0.2) is 28.6 Å². The molecular formula is C23H24F3NO2. The summed E-state index contributed by atoms with van der Waals surface area (Å²) in [7, 11) is 0. The van der Waals surface area contributed by atoms with E-state index in [1.54, 1.807) is 13.0 Å². The van der Waals surface area contributed by atoms with Crippen molar-refractivity contribution in [2.75, 3.05) is 6.54 Å².